The number of anilines is 1. The van der Waals surface area contributed by atoms with Crippen molar-refractivity contribution in [3.8, 4) is 0 Å². The van der Waals surface area contributed by atoms with Crippen molar-refractivity contribution in [2.45, 2.75) is 37.7 Å². The lowest BCUT2D eigenvalue weighted by molar-refractivity contribution is 0.0884. The van der Waals surface area contributed by atoms with Gasteiger partial charge < -0.3 is 10.5 Å². The number of nitrogen functional groups attached to an aromatic ring is 1. The number of nitrogens with two attached hydrogens (primary N) is 1. The molecule has 0 spiro atoms. The molecule has 1 aromatic heterocycles. The zero-order valence-corrected chi connectivity index (χ0v) is 12.9. The summed E-state index contributed by atoms with van der Waals surface area (Å²) in [6.07, 6.45) is 1.90. The van der Waals surface area contributed by atoms with Gasteiger partial charge in [0.05, 0.1) is 11.8 Å². The number of aryl methyl sites for hydroxylation is 1. The highest BCUT2D eigenvalue weighted by molar-refractivity contribution is 7.89. The van der Waals surface area contributed by atoms with Crippen molar-refractivity contribution in [3.63, 3.8) is 0 Å². The third kappa shape index (κ3) is 2.82. The molecular weight excluding hydrogens is 280 g/mol. The highest BCUT2D eigenvalue weighted by atomic mass is 32.2. The summed E-state index contributed by atoms with van der Waals surface area (Å²) in [5.74, 6) is 0.250. The maximum Gasteiger partial charge on any atom is 0.246 e. The first kappa shape index (κ1) is 15.3. The van der Waals surface area contributed by atoms with Crippen LogP contribution in [-0.2, 0) is 21.8 Å². The topological polar surface area (TPSA) is 99.2 Å². The second-order valence-corrected chi connectivity index (χ2v) is 6.85. The smallest absolute Gasteiger partial charge is 0.246 e. The predicted molar refractivity (Wildman–Crippen MR) is 75.7 cm³/mol. The monoisotopic (exact) mass is 302 g/mol. The molecule has 7 nitrogen and oxygen atoms in total. The second-order valence-electron chi connectivity index (χ2n) is 5.14. The van der Waals surface area contributed by atoms with E-state index in [1.807, 2.05) is 6.92 Å². The van der Waals surface area contributed by atoms with E-state index in [4.69, 9.17) is 10.5 Å². The van der Waals surface area contributed by atoms with E-state index < -0.39 is 10.0 Å². The molecule has 0 aromatic carbocycles. The van der Waals surface area contributed by atoms with Gasteiger partial charge in [0.1, 0.15) is 4.90 Å². The summed E-state index contributed by atoms with van der Waals surface area (Å²) in [5.41, 5.74) is 6.22. The van der Waals surface area contributed by atoms with E-state index in [0.717, 1.165) is 12.8 Å². The van der Waals surface area contributed by atoms with E-state index >= 15 is 0 Å². The van der Waals surface area contributed by atoms with Crippen LogP contribution < -0.4 is 10.5 Å². The van der Waals surface area contributed by atoms with E-state index in [0.29, 0.717) is 18.8 Å². The van der Waals surface area contributed by atoms with Gasteiger partial charge in [0.25, 0.3) is 0 Å². The minimum absolute atomic E-state index is 0.0345. The Morgan fingerprint density at radius 1 is 1.55 bits per heavy atom. The molecule has 1 fully saturated rings. The van der Waals surface area contributed by atoms with Gasteiger partial charge in [-0.1, -0.05) is 6.92 Å². The lowest BCUT2D eigenvalue weighted by Gasteiger charge is -2.17. The summed E-state index contributed by atoms with van der Waals surface area (Å²) in [4.78, 5) is 0.0759. The molecule has 1 saturated heterocycles. The van der Waals surface area contributed by atoms with Crippen LogP contribution in [0.5, 0.6) is 0 Å². The Morgan fingerprint density at radius 2 is 2.25 bits per heavy atom. The Morgan fingerprint density at radius 3 is 2.80 bits per heavy atom. The largest absolute Gasteiger partial charge is 0.381 e. The standard InChI is InChI=1S/C12H22N4O3S/c1-4-10-9(5-6-19-10)7-14-20(17,18)11-8(2)16(3)15-12(11)13/h9-10,14H,4-7H2,1-3H3,(H2,13,15). The van der Waals surface area contributed by atoms with Gasteiger partial charge in [-0.25, -0.2) is 13.1 Å². The number of aromatic nitrogens is 2. The van der Waals surface area contributed by atoms with E-state index in [9.17, 15) is 8.42 Å². The maximum absolute atomic E-state index is 12.4. The molecule has 3 N–H and O–H groups in total. The number of ether oxygens (including phenoxy) is 1. The van der Waals surface area contributed by atoms with Crippen LogP contribution in [0.15, 0.2) is 4.90 Å². The minimum atomic E-state index is -3.63. The molecule has 1 aromatic rings. The van der Waals surface area contributed by atoms with Crippen molar-refractivity contribution in [3.05, 3.63) is 5.69 Å². The van der Waals surface area contributed by atoms with Gasteiger partial charge in [-0.05, 0) is 19.8 Å². The molecule has 1 aliphatic rings. The van der Waals surface area contributed by atoms with Gasteiger partial charge in [0.2, 0.25) is 10.0 Å². The van der Waals surface area contributed by atoms with Crippen molar-refractivity contribution in [2.24, 2.45) is 13.0 Å². The third-order valence-electron chi connectivity index (χ3n) is 3.86. The van der Waals surface area contributed by atoms with Gasteiger partial charge >= 0.3 is 0 Å². The van der Waals surface area contributed by atoms with E-state index in [-0.39, 0.29) is 22.7 Å². The number of nitrogens with one attached hydrogen (secondary N) is 1. The fourth-order valence-electron chi connectivity index (χ4n) is 2.61. The summed E-state index contributed by atoms with van der Waals surface area (Å²) in [5, 5.41) is 3.94. The Kier molecular flexibility index (Phi) is 4.36. The molecule has 8 heteroatoms. The Labute approximate surface area is 119 Å². The SMILES string of the molecule is CCC1OCCC1CNS(=O)(=O)c1c(N)nn(C)c1C. The molecule has 20 heavy (non-hydrogen) atoms. The van der Waals surface area contributed by atoms with Crippen LogP contribution in [0.3, 0.4) is 0 Å². The quantitative estimate of drug-likeness (QED) is 0.820. The van der Waals surface area contributed by atoms with Gasteiger partial charge in [-0.15, -0.1) is 0 Å². The minimum Gasteiger partial charge on any atom is -0.381 e. The van der Waals surface area contributed by atoms with Crippen molar-refractivity contribution in [2.75, 3.05) is 18.9 Å². The first-order valence-corrected chi connectivity index (χ1v) is 8.25. The van der Waals surface area contributed by atoms with Crippen molar-refractivity contribution in [1.29, 1.82) is 0 Å². The molecule has 0 saturated carbocycles. The number of nitrogens with zero attached hydrogens (tertiary/aromatic N) is 2. The molecule has 0 bridgehead atoms. The lowest BCUT2D eigenvalue weighted by atomic mass is 10.0. The summed E-state index contributed by atoms with van der Waals surface area (Å²) in [7, 11) is -1.96. The third-order valence-corrected chi connectivity index (χ3v) is 5.45. The molecule has 2 unspecified atom stereocenters. The van der Waals surface area contributed by atoms with E-state index in [2.05, 4.69) is 9.82 Å². The molecule has 2 atom stereocenters. The average Bonchev–Trinajstić information content (AvgIpc) is 2.92. The average molecular weight is 302 g/mol. The molecule has 2 rings (SSSR count). The second kappa shape index (κ2) is 5.71. The van der Waals surface area contributed by atoms with Crippen LogP contribution >= 0.6 is 0 Å². The number of rotatable bonds is 5. The van der Waals surface area contributed by atoms with Crippen LogP contribution in [0.2, 0.25) is 0 Å². The van der Waals surface area contributed by atoms with Gasteiger partial charge in [0.15, 0.2) is 5.82 Å². The highest BCUT2D eigenvalue weighted by Crippen LogP contribution is 2.25. The predicted octanol–water partition coefficient (Wildman–Crippen LogP) is 0.404. The molecule has 114 valence electrons. The highest BCUT2D eigenvalue weighted by Gasteiger charge is 2.30. The van der Waals surface area contributed by atoms with Crippen LogP contribution in [0.1, 0.15) is 25.5 Å². The van der Waals surface area contributed by atoms with Crippen molar-refractivity contribution >= 4 is 15.8 Å². The lowest BCUT2D eigenvalue weighted by Crippen LogP contribution is -2.33. The van der Waals surface area contributed by atoms with Gasteiger partial charge in [-0.3, -0.25) is 4.68 Å². The number of sulfonamides is 1. The van der Waals surface area contributed by atoms with Crippen LogP contribution in [-0.4, -0.2) is 37.5 Å². The molecule has 0 aliphatic carbocycles. The van der Waals surface area contributed by atoms with Crippen molar-refractivity contribution in [1.82, 2.24) is 14.5 Å². The van der Waals surface area contributed by atoms with Crippen LogP contribution in [0.4, 0.5) is 5.82 Å². The zero-order valence-electron chi connectivity index (χ0n) is 12.1. The van der Waals surface area contributed by atoms with Crippen molar-refractivity contribution < 1.29 is 13.2 Å². The molecule has 2 heterocycles. The Hall–Kier alpha value is -1.12. The fourth-order valence-corrected chi connectivity index (χ4v) is 4.03. The molecule has 0 amide bonds. The van der Waals surface area contributed by atoms with Gasteiger partial charge in [-0.2, -0.15) is 5.10 Å². The fraction of sp³-hybridized carbons (Fsp3) is 0.750. The van der Waals surface area contributed by atoms with Crippen LogP contribution in [0.25, 0.3) is 0 Å². The molecule has 0 radical (unpaired) electrons. The number of hydrogen-bond acceptors (Lipinski definition) is 5. The summed E-state index contributed by atoms with van der Waals surface area (Å²) >= 11 is 0. The molecule has 1 aliphatic heterocycles. The van der Waals surface area contributed by atoms with Gasteiger partial charge in [0, 0.05) is 26.1 Å². The first-order chi connectivity index (χ1) is 9.36. The summed E-state index contributed by atoms with van der Waals surface area (Å²) < 4.78 is 34.4. The number of hydrogen-bond donors (Lipinski definition) is 2. The summed E-state index contributed by atoms with van der Waals surface area (Å²) in [6, 6.07) is 0. The zero-order chi connectivity index (χ0) is 14.9. The molecular formula is C12H22N4O3S. The van der Waals surface area contributed by atoms with E-state index in [1.165, 1.54) is 4.68 Å². The van der Waals surface area contributed by atoms with E-state index in [1.54, 1.807) is 14.0 Å². The first-order valence-electron chi connectivity index (χ1n) is 6.77. The Bertz CT molecular complexity index is 582. The Balaban J connectivity index is 2.12. The normalized spacial score (nSPS) is 23.4. The van der Waals surface area contributed by atoms with Crippen LogP contribution in [0, 0.1) is 12.8 Å². The summed E-state index contributed by atoms with van der Waals surface area (Å²) in [6.45, 7) is 4.79. The maximum atomic E-state index is 12.4.